The van der Waals surface area contributed by atoms with Gasteiger partial charge in [0.05, 0.1) is 30.9 Å². The third-order valence-electron chi connectivity index (χ3n) is 6.65. The molecule has 2 heterocycles. The Hall–Kier alpha value is -4.86. The molecule has 2 amide bonds. The van der Waals surface area contributed by atoms with Crippen molar-refractivity contribution in [3.8, 4) is 16.9 Å². The topological polar surface area (TPSA) is 110 Å². The molecule has 4 rings (SSSR count). The standard InChI is InChI=1S/C32H32F6N4O6/c1-30(2,3)48-29(45)42(23-7-8-24(32(36,37)38)26(17-23)47-19-31(33,34)35)40-28(44)18-25(43)22-6-4-5-20(15-22)21-9-10-39-27(16-21)41-11-13-46-14-12-41/h4-10,15-17H,11-14,18-19H2,1-3H3,(H,40,44). The molecule has 1 fully saturated rings. The zero-order chi connectivity index (χ0) is 35.3. The van der Waals surface area contributed by atoms with Crippen LogP contribution in [0, 0.1) is 0 Å². The van der Waals surface area contributed by atoms with E-state index in [1.165, 1.54) is 26.8 Å². The summed E-state index contributed by atoms with van der Waals surface area (Å²) in [5.74, 6) is -2.25. The molecule has 0 saturated carbocycles. The summed E-state index contributed by atoms with van der Waals surface area (Å²) in [6.45, 7) is 4.82. The van der Waals surface area contributed by atoms with E-state index in [2.05, 4.69) is 20.0 Å². The Balaban J connectivity index is 1.56. The van der Waals surface area contributed by atoms with Gasteiger partial charge in [-0.05, 0) is 62.2 Å². The highest BCUT2D eigenvalue weighted by molar-refractivity contribution is 6.09. The molecule has 10 nitrogen and oxygen atoms in total. The fraction of sp³-hybridized carbons (Fsp3) is 0.375. The predicted octanol–water partition coefficient (Wildman–Crippen LogP) is 6.59. The number of hydrogen-bond donors (Lipinski definition) is 1. The van der Waals surface area contributed by atoms with Crippen LogP contribution in [-0.2, 0) is 20.4 Å². The van der Waals surface area contributed by atoms with Crippen molar-refractivity contribution in [2.24, 2.45) is 0 Å². The smallest absolute Gasteiger partial charge is 0.434 e. The van der Waals surface area contributed by atoms with Crippen molar-refractivity contribution in [3.63, 3.8) is 0 Å². The number of nitrogens with one attached hydrogen (secondary N) is 1. The summed E-state index contributed by atoms with van der Waals surface area (Å²) in [5, 5.41) is 0.391. The second-order valence-electron chi connectivity index (χ2n) is 11.6. The Morgan fingerprint density at radius 2 is 1.62 bits per heavy atom. The van der Waals surface area contributed by atoms with Crippen LogP contribution in [0.5, 0.6) is 5.75 Å². The number of ketones is 1. The number of rotatable bonds is 8. The van der Waals surface area contributed by atoms with E-state index in [0.717, 1.165) is 17.4 Å². The number of benzene rings is 2. The van der Waals surface area contributed by atoms with Crippen LogP contribution in [0.15, 0.2) is 60.8 Å². The third kappa shape index (κ3) is 10.1. The van der Waals surface area contributed by atoms with Crippen molar-refractivity contribution in [1.82, 2.24) is 10.4 Å². The first-order valence-electron chi connectivity index (χ1n) is 14.6. The van der Waals surface area contributed by atoms with Crippen LogP contribution in [-0.4, -0.2) is 67.5 Å². The van der Waals surface area contributed by atoms with Crippen molar-refractivity contribution in [2.45, 2.75) is 45.1 Å². The first-order chi connectivity index (χ1) is 22.4. The number of pyridine rings is 1. The number of amides is 2. The van der Waals surface area contributed by atoms with Crippen LogP contribution >= 0.6 is 0 Å². The average molecular weight is 683 g/mol. The molecule has 1 aromatic heterocycles. The SMILES string of the molecule is CC(C)(C)OC(=O)N(NC(=O)CC(=O)c1cccc(-c2ccnc(N3CCOCC3)c2)c1)c1ccc(C(F)(F)F)c(OCC(F)(F)F)c1. The number of hydrogen-bond acceptors (Lipinski definition) is 8. The largest absolute Gasteiger partial charge is 0.483 e. The monoisotopic (exact) mass is 682 g/mol. The lowest BCUT2D eigenvalue weighted by Crippen LogP contribution is -2.49. The van der Waals surface area contributed by atoms with Gasteiger partial charge < -0.3 is 19.1 Å². The first-order valence-corrected chi connectivity index (χ1v) is 14.6. The Morgan fingerprint density at radius 1 is 0.938 bits per heavy atom. The molecule has 0 radical (unpaired) electrons. The molecular weight excluding hydrogens is 650 g/mol. The molecule has 1 N–H and O–H groups in total. The summed E-state index contributed by atoms with van der Waals surface area (Å²) in [4.78, 5) is 45.8. The van der Waals surface area contributed by atoms with Crippen LogP contribution < -0.4 is 20.1 Å². The number of carbonyl (C=O) groups excluding carboxylic acids is 3. The van der Waals surface area contributed by atoms with Gasteiger partial charge in [0.15, 0.2) is 12.4 Å². The number of aromatic nitrogens is 1. The third-order valence-corrected chi connectivity index (χ3v) is 6.65. The maximum atomic E-state index is 13.6. The number of nitrogens with zero attached hydrogens (tertiary/aromatic N) is 3. The molecule has 0 bridgehead atoms. The molecule has 0 aliphatic carbocycles. The minimum atomic E-state index is -5.11. The predicted molar refractivity (Wildman–Crippen MR) is 162 cm³/mol. The molecule has 48 heavy (non-hydrogen) atoms. The number of alkyl halides is 6. The number of morpholine rings is 1. The molecular formula is C32H32F6N4O6. The Bertz CT molecular complexity index is 1630. The van der Waals surface area contributed by atoms with E-state index >= 15 is 0 Å². The van der Waals surface area contributed by atoms with Crippen LogP contribution in [0.3, 0.4) is 0 Å². The molecule has 0 unspecified atom stereocenters. The van der Waals surface area contributed by atoms with Gasteiger partial charge >= 0.3 is 18.4 Å². The normalized spacial score (nSPS) is 13.9. The van der Waals surface area contributed by atoms with Gasteiger partial charge in [-0.25, -0.2) is 9.78 Å². The van der Waals surface area contributed by atoms with E-state index in [1.54, 1.807) is 30.5 Å². The molecule has 0 atom stereocenters. The number of Topliss-reactive ketones (excluding diaryl/α,β-unsaturated/α-hetero) is 1. The van der Waals surface area contributed by atoms with Gasteiger partial charge in [0, 0.05) is 30.9 Å². The lowest BCUT2D eigenvalue weighted by molar-refractivity contribution is -0.158. The van der Waals surface area contributed by atoms with Gasteiger partial charge in [0.25, 0.3) is 0 Å². The summed E-state index contributed by atoms with van der Waals surface area (Å²) >= 11 is 0. The van der Waals surface area contributed by atoms with E-state index in [1.807, 2.05) is 6.07 Å². The lowest BCUT2D eigenvalue weighted by Gasteiger charge is -2.28. The first kappa shape index (κ1) is 36.0. The zero-order valence-electron chi connectivity index (χ0n) is 26.1. The summed E-state index contributed by atoms with van der Waals surface area (Å²) < 4.78 is 94.1. The van der Waals surface area contributed by atoms with Crippen molar-refractivity contribution in [2.75, 3.05) is 42.8 Å². The van der Waals surface area contributed by atoms with Crippen LogP contribution in [0.25, 0.3) is 11.1 Å². The fourth-order valence-electron chi connectivity index (χ4n) is 4.53. The van der Waals surface area contributed by atoms with E-state index in [9.17, 15) is 40.7 Å². The van der Waals surface area contributed by atoms with Gasteiger partial charge in [0.2, 0.25) is 5.91 Å². The highest BCUT2D eigenvalue weighted by Gasteiger charge is 2.37. The number of ether oxygens (including phenoxy) is 3. The van der Waals surface area contributed by atoms with Crippen molar-refractivity contribution in [1.29, 1.82) is 0 Å². The number of anilines is 2. The second-order valence-corrected chi connectivity index (χ2v) is 11.6. The summed E-state index contributed by atoms with van der Waals surface area (Å²) in [7, 11) is 0. The molecule has 2 aromatic carbocycles. The molecule has 1 saturated heterocycles. The van der Waals surface area contributed by atoms with Crippen LogP contribution in [0.2, 0.25) is 0 Å². The summed E-state index contributed by atoms with van der Waals surface area (Å²) in [6.07, 6.45) is -10.6. The van der Waals surface area contributed by atoms with Gasteiger partial charge in [-0.1, -0.05) is 18.2 Å². The van der Waals surface area contributed by atoms with E-state index in [0.29, 0.717) is 49.0 Å². The van der Waals surface area contributed by atoms with Crippen molar-refractivity contribution in [3.05, 3.63) is 71.9 Å². The van der Waals surface area contributed by atoms with Gasteiger partial charge in [-0.3, -0.25) is 15.0 Å². The van der Waals surface area contributed by atoms with Crippen molar-refractivity contribution < 1.29 is 54.9 Å². The molecule has 1 aliphatic rings. The lowest BCUT2D eigenvalue weighted by atomic mass is 10.0. The summed E-state index contributed by atoms with van der Waals surface area (Å²) in [6, 6.07) is 11.7. The van der Waals surface area contributed by atoms with Gasteiger partial charge in [0.1, 0.15) is 17.2 Å². The number of carbonyl (C=O) groups is 3. The zero-order valence-corrected chi connectivity index (χ0v) is 26.1. The highest BCUT2D eigenvalue weighted by atomic mass is 19.4. The maximum Gasteiger partial charge on any atom is 0.434 e. The maximum absolute atomic E-state index is 13.6. The molecule has 0 spiro atoms. The molecule has 258 valence electrons. The molecule has 16 heteroatoms. The molecule has 3 aromatic rings. The number of halogens is 6. The average Bonchev–Trinajstić information content (AvgIpc) is 3.01. The van der Waals surface area contributed by atoms with E-state index in [-0.39, 0.29) is 5.56 Å². The highest BCUT2D eigenvalue weighted by Crippen LogP contribution is 2.39. The van der Waals surface area contributed by atoms with E-state index in [4.69, 9.17) is 9.47 Å². The van der Waals surface area contributed by atoms with Gasteiger partial charge in [-0.2, -0.15) is 31.4 Å². The number of hydrazine groups is 1. The minimum absolute atomic E-state index is 0.147. The Kier molecular flexibility index (Phi) is 10.9. The Labute approximate surface area is 271 Å². The summed E-state index contributed by atoms with van der Waals surface area (Å²) in [5.41, 5.74) is 0.450. The van der Waals surface area contributed by atoms with Crippen molar-refractivity contribution >= 4 is 29.3 Å². The quantitative estimate of drug-likeness (QED) is 0.123. The van der Waals surface area contributed by atoms with E-state index < -0.39 is 65.8 Å². The Morgan fingerprint density at radius 3 is 2.27 bits per heavy atom. The molecule has 1 aliphatic heterocycles. The minimum Gasteiger partial charge on any atom is -0.483 e. The second kappa shape index (κ2) is 14.5. The van der Waals surface area contributed by atoms with Crippen LogP contribution in [0.1, 0.15) is 43.1 Å². The fourth-order valence-corrected chi connectivity index (χ4v) is 4.53. The van der Waals surface area contributed by atoms with Gasteiger partial charge in [-0.15, -0.1) is 0 Å². The van der Waals surface area contributed by atoms with Crippen LogP contribution in [0.4, 0.5) is 42.6 Å².